The van der Waals surface area contributed by atoms with Gasteiger partial charge in [0.1, 0.15) is 24.8 Å². The molecule has 1 fully saturated rings. The Hall–Kier alpha value is -2.53. The number of carbonyl (C=O) groups excluding carboxylic acids is 2. The molecule has 0 N–H and O–H groups in total. The van der Waals surface area contributed by atoms with E-state index in [1.165, 1.54) is 24.3 Å². The van der Waals surface area contributed by atoms with Crippen molar-refractivity contribution in [3.8, 4) is 17.2 Å². The molecule has 0 aliphatic carbocycles. The molecule has 1 heterocycles. The largest absolute Gasteiger partial charge is 0.492 e. The van der Waals surface area contributed by atoms with Crippen LogP contribution in [0.1, 0.15) is 12.5 Å². The number of nitrogens with zero attached hydrogens (tertiary/aromatic N) is 1. The Balaban J connectivity index is 1.71. The second kappa shape index (κ2) is 11.4. The van der Waals surface area contributed by atoms with Crippen LogP contribution in [0.5, 0.6) is 17.2 Å². The molecule has 3 rings (SSSR count). The van der Waals surface area contributed by atoms with E-state index in [-0.39, 0.29) is 30.1 Å². The number of halogens is 2. The summed E-state index contributed by atoms with van der Waals surface area (Å²) in [5.41, 5.74) is 0.719. The molecule has 0 bridgehead atoms. The van der Waals surface area contributed by atoms with E-state index in [0.717, 1.165) is 25.8 Å². The van der Waals surface area contributed by atoms with Crippen molar-refractivity contribution in [2.45, 2.75) is 6.92 Å². The Kier molecular flexibility index (Phi) is 8.57. The highest BCUT2D eigenvalue weighted by Gasteiger charge is 2.34. The van der Waals surface area contributed by atoms with E-state index >= 15 is 0 Å². The van der Waals surface area contributed by atoms with Crippen LogP contribution in [0.2, 0.25) is 0 Å². The highest BCUT2D eigenvalue weighted by atomic mass is 127. The molecule has 0 aromatic heterocycles. The standard InChI is InChI=1S/C23H21FINO5S/c1-3-10-31-21-18(25)12-15(13-19(21)29-4-2)14-20-22(27)26(23(28)32-20)9-11-30-17-7-5-16(24)6-8-17/h3,5-8,12-14H,1,4,9-11H2,2H3/b20-14-. The zero-order valence-electron chi connectivity index (χ0n) is 17.3. The molecule has 0 radical (unpaired) electrons. The Morgan fingerprint density at radius 3 is 2.59 bits per heavy atom. The number of carbonyl (C=O) groups is 2. The third-order valence-corrected chi connectivity index (χ3v) is 5.95. The molecule has 1 aliphatic heterocycles. The zero-order valence-corrected chi connectivity index (χ0v) is 20.3. The van der Waals surface area contributed by atoms with Gasteiger partial charge in [-0.2, -0.15) is 0 Å². The summed E-state index contributed by atoms with van der Waals surface area (Å²) in [5.74, 6) is 0.874. The normalized spacial score (nSPS) is 14.7. The molecule has 0 unspecified atom stereocenters. The minimum absolute atomic E-state index is 0.0927. The number of ether oxygens (including phenoxy) is 3. The molecule has 32 heavy (non-hydrogen) atoms. The highest BCUT2D eigenvalue weighted by Crippen LogP contribution is 2.37. The lowest BCUT2D eigenvalue weighted by atomic mass is 10.2. The summed E-state index contributed by atoms with van der Waals surface area (Å²) < 4.78 is 30.7. The van der Waals surface area contributed by atoms with Gasteiger partial charge in [0.25, 0.3) is 11.1 Å². The summed E-state index contributed by atoms with van der Waals surface area (Å²) in [6, 6.07) is 9.17. The number of hydrogen-bond acceptors (Lipinski definition) is 6. The Labute approximate surface area is 203 Å². The van der Waals surface area contributed by atoms with Gasteiger partial charge in [0.05, 0.1) is 21.6 Å². The van der Waals surface area contributed by atoms with Gasteiger partial charge < -0.3 is 14.2 Å². The maximum Gasteiger partial charge on any atom is 0.293 e. The van der Waals surface area contributed by atoms with Crippen LogP contribution in [0.15, 0.2) is 54.0 Å². The zero-order chi connectivity index (χ0) is 23.1. The van der Waals surface area contributed by atoms with E-state index in [1.807, 2.05) is 13.0 Å². The first kappa shape index (κ1) is 24.1. The second-order valence-electron chi connectivity index (χ2n) is 6.50. The first-order chi connectivity index (χ1) is 15.4. The summed E-state index contributed by atoms with van der Waals surface area (Å²) in [6.07, 6.45) is 3.31. The van der Waals surface area contributed by atoms with Crippen molar-refractivity contribution in [2.75, 3.05) is 26.4 Å². The number of amides is 2. The van der Waals surface area contributed by atoms with Gasteiger partial charge in [0.2, 0.25) is 0 Å². The fourth-order valence-electron chi connectivity index (χ4n) is 2.85. The molecule has 9 heteroatoms. The highest BCUT2D eigenvalue weighted by molar-refractivity contribution is 14.1. The van der Waals surface area contributed by atoms with Crippen LogP contribution in [0.25, 0.3) is 6.08 Å². The number of thioether (sulfide) groups is 1. The van der Waals surface area contributed by atoms with Crippen LogP contribution in [0, 0.1) is 9.39 Å². The fraction of sp³-hybridized carbons (Fsp3) is 0.217. The van der Waals surface area contributed by atoms with Crippen LogP contribution >= 0.6 is 34.4 Å². The van der Waals surface area contributed by atoms with Gasteiger partial charge in [-0.3, -0.25) is 14.5 Å². The van der Waals surface area contributed by atoms with Crippen LogP contribution < -0.4 is 14.2 Å². The number of rotatable bonds is 10. The molecular weight excluding hydrogens is 548 g/mol. The summed E-state index contributed by atoms with van der Waals surface area (Å²) >= 11 is 3.01. The molecule has 1 saturated heterocycles. The van der Waals surface area contributed by atoms with Crippen molar-refractivity contribution < 1.29 is 28.2 Å². The van der Waals surface area contributed by atoms with Gasteiger partial charge in [0.15, 0.2) is 11.5 Å². The fourth-order valence-corrected chi connectivity index (χ4v) is 4.49. The SMILES string of the molecule is C=CCOc1c(I)cc(/C=C2\SC(=O)N(CCOc3ccc(F)cc3)C2=O)cc1OCC. The van der Waals surface area contributed by atoms with Crippen molar-refractivity contribution >= 4 is 51.6 Å². The lowest BCUT2D eigenvalue weighted by Gasteiger charge is -2.14. The van der Waals surface area contributed by atoms with Gasteiger partial charge >= 0.3 is 0 Å². The van der Waals surface area contributed by atoms with E-state index in [0.29, 0.717) is 35.4 Å². The Morgan fingerprint density at radius 2 is 1.91 bits per heavy atom. The molecule has 0 saturated carbocycles. The maximum atomic E-state index is 13.0. The summed E-state index contributed by atoms with van der Waals surface area (Å²) in [6.45, 7) is 6.52. The molecule has 2 aromatic carbocycles. The molecule has 1 aliphatic rings. The first-order valence-corrected chi connectivity index (χ1v) is 11.7. The third-order valence-electron chi connectivity index (χ3n) is 4.25. The van der Waals surface area contributed by atoms with E-state index < -0.39 is 0 Å². The second-order valence-corrected chi connectivity index (χ2v) is 8.65. The molecule has 168 valence electrons. The average Bonchev–Trinajstić information content (AvgIpc) is 3.02. The molecule has 2 amide bonds. The molecule has 0 spiro atoms. The van der Waals surface area contributed by atoms with Crippen molar-refractivity contribution in [1.82, 2.24) is 4.90 Å². The van der Waals surface area contributed by atoms with Crippen LogP contribution in [-0.2, 0) is 4.79 Å². The van der Waals surface area contributed by atoms with E-state index in [4.69, 9.17) is 14.2 Å². The summed E-state index contributed by atoms with van der Waals surface area (Å²) in [4.78, 5) is 26.6. The van der Waals surface area contributed by atoms with Gasteiger partial charge in [-0.25, -0.2) is 4.39 Å². The summed E-state index contributed by atoms with van der Waals surface area (Å²) in [7, 11) is 0. The molecular formula is C23H21FINO5S. The maximum absolute atomic E-state index is 13.0. The number of imide groups is 1. The minimum atomic E-state index is -0.386. The first-order valence-electron chi connectivity index (χ1n) is 9.76. The topological polar surface area (TPSA) is 65.1 Å². The van der Waals surface area contributed by atoms with Crippen LogP contribution in [-0.4, -0.2) is 42.4 Å². The molecule has 0 atom stereocenters. The molecule has 6 nitrogen and oxygen atoms in total. The van der Waals surface area contributed by atoms with Crippen molar-refractivity contribution in [1.29, 1.82) is 0 Å². The van der Waals surface area contributed by atoms with Crippen LogP contribution in [0.4, 0.5) is 9.18 Å². The Morgan fingerprint density at radius 1 is 1.16 bits per heavy atom. The third kappa shape index (κ3) is 6.04. The van der Waals surface area contributed by atoms with E-state index in [9.17, 15) is 14.0 Å². The lowest BCUT2D eigenvalue weighted by Crippen LogP contribution is -2.32. The van der Waals surface area contributed by atoms with Crippen molar-refractivity contribution in [2.24, 2.45) is 0 Å². The van der Waals surface area contributed by atoms with Gasteiger partial charge in [-0.1, -0.05) is 12.7 Å². The Bertz CT molecular complexity index is 1040. The number of benzene rings is 2. The quantitative estimate of drug-likeness (QED) is 0.214. The average molecular weight is 569 g/mol. The van der Waals surface area contributed by atoms with Crippen molar-refractivity contribution in [3.05, 3.63) is 68.9 Å². The summed E-state index contributed by atoms with van der Waals surface area (Å²) in [5, 5.41) is -0.366. The van der Waals surface area contributed by atoms with Crippen molar-refractivity contribution in [3.63, 3.8) is 0 Å². The molecule has 2 aromatic rings. The predicted molar refractivity (Wildman–Crippen MR) is 131 cm³/mol. The van der Waals surface area contributed by atoms with Gasteiger partial charge in [-0.15, -0.1) is 0 Å². The number of hydrogen-bond donors (Lipinski definition) is 0. The van der Waals surface area contributed by atoms with E-state index in [1.54, 1.807) is 18.2 Å². The monoisotopic (exact) mass is 569 g/mol. The van der Waals surface area contributed by atoms with Gasteiger partial charge in [-0.05, 0) is 89.3 Å². The lowest BCUT2D eigenvalue weighted by molar-refractivity contribution is -0.123. The van der Waals surface area contributed by atoms with Gasteiger partial charge in [0, 0.05) is 0 Å². The van der Waals surface area contributed by atoms with E-state index in [2.05, 4.69) is 29.2 Å². The minimum Gasteiger partial charge on any atom is -0.492 e. The predicted octanol–water partition coefficient (Wildman–Crippen LogP) is 5.51. The van der Waals surface area contributed by atoms with Crippen LogP contribution in [0.3, 0.4) is 0 Å². The smallest absolute Gasteiger partial charge is 0.293 e.